The first-order valence-corrected chi connectivity index (χ1v) is 9.37. The van der Waals surface area contributed by atoms with E-state index in [0.29, 0.717) is 16.9 Å². The van der Waals surface area contributed by atoms with Gasteiger partial charge in [-0.1, -0.05) is 30.0 Å². The van der Waals surface area contributed by atoms with Crippen LogP contribution >= 0.6 is 34.4 Å². The van der Waals surface area contributed by atoms with Crippen LogP contribution in [-0.4, -0.2) is 29.0 Å². The summed E-state index contributed by atoms with van der Waals surface area (Å²) in [4.78, 5) is 12.1. The predicted molar refractivity (Wildman–Crippen MR) is 105 cm³/mol. The Kier molecular flexibility index (Phi) is 5.92. The zero-order valence-corrected chi connectivity index (χ0v) is 16.2. The molecule has 3 aromatic rings. The van der Waals surface area contributed by atoms with E-state index < -0.39 is 0 Å². The molecule has 0 aliphatic rings. The molecule has 6 nitrogen and oxygen atoms in total. The van der Waals surface area contributed by atoms with Gasteiger partial charge in [-0.15, -0.1) is 10.2 Å². The van der Waals surface area contributed by atoms with Crippen LogP contribution in [0.15, 0.2) is 58.2 Å². The van der Waals surface area contributed by atoms with E-state index in [2.05, 4.69) is 38.1 Å². The van der Waals surface area contributed by atoms with Crippen molar-refractivity contribution in [1.29, 1.82) is 0 Å². The van der Waals surface area contributed by atoms with Crippen LogP contribution in [0.5, 0.6) is 5.75 Å². The molecule has 0 saturated heterocycles. The fourth-order valence-electron chi connectivity index (χ4n) is 2.02. The van der Waals surface area contributed by atoms with E-state index in [1.54, 1.807) is 7.11 Å². The second kappa shape index (κ2) is 8.34. The van der Waals surface area contributed by atoms with Crippen LogP contribution in [0, 0.1) is 3.57 Å². The third-order valence-corrected chi connectivity index (χ3v) is 4.96. The van der Waals surface area contributed by atoms with Gasteiger partial charge in [0.25, 0.3) is 5.22 Å². The summed E-state index contributed by atoms with van der Waals surface area (Å²) in [6, 6.07) is 14.9. The average Bonchev–Trinajstić information content (AvgIpc) is 3.11. The lowest BCUT2D eigenvalue weighted by molar-refractivity contribution is -0.113. The Morgan fingerprint density at radius 3 is 2.88 bits per heavy atom. The minimum absolute atomic E-state index is 0.129. The molecule has 0 bridgehead atoms. The number of aromatic nitrogens is 2. The SMILES string of the molecule is COc1cccc(-c2nnc(SCC(=O)Nc3ccccc3I)o2)c1. The molecule has 2 aromatic carbocycles. The van der Waals surface area contributed by atoms with E-state index >= 15 is 0 Å². The summed E-state index contributed by atoms with van der Waals surface area (Å²) in [6.07, 6.45) is 0. The highest BCUT2D eigenvalue weighted by molar-refractivity contribution is 14.1. The number of rotatable bonds is 6. The lowest BCUT2D eigenvalue weighted by Crippen LogP contribution is -2.14. The van der Waals surface area contributed by atoms with Crippen molar-refractivity contribution in [1.82, 2.24) is 10.2 Å². The van der Waals surface area contributed by atoms with Crippen molar-refractivity contribution in [3.05, 3.63) is 52.1 Å². The highest BCUT2D eigenvalue weighted by Gasteiger charge is 2.12. The summed E-state index contributed by atoms with van der Waals surface area (Å²) >= 11 is 3.37. The van der Waals surface area contributed by atoms with Gasteiger partial charge < -0.3 is 14.5 Å². The van der Waals surface area contributed by atoms with Crippen LogP contribution < -0.4 is 10.1 Å². The van der Waals surface area contributed by atoms with E-state index in [9.17, 15) is 4.79 Å². The number of carbonyl (C=O) groups excluding carboxylic acids is 1. The maximum Gasteiger partial charge on any atom is 0.277 e. The summed E-state index contributed by atoms with van der Waals surface area (Å²) in [7, 11) is 1.60. The molecule has 0 atom stereocenters. The quantitative estimate of drug-likeness (QED) is 0.435. The first-order chi connectivity index (χ1) is 12.2. The Bertz CT molecular complexity index is 885. The molecule has 1 N–H and O–H groups in total. The third-order valence-electron chi connectivity index (χ3n) is 3.20. The molecule has 128 valence electrons. The first kappa shape index (κ1) is 17.7. The van der Waals surface area contributed by atoms with Crippen molar-refractivity contribution in [2.24, 2.45) is 0 Å². The lowest BCUT2D eigenvalue weighted by Gasteiger charge is -2.05. The number of para-hydroxylation sites is 1. The number of halogens is 1. The molecular weight excluding hydrogens is 453 g/mol. The predicted octanol–water partition coefficient (Wildman–Crippen LogP) is 4.08. The number of carbonyl (C=O) groups is 1. The molecule has 1 amide bonds. The minimum atomic E-state index is -0.129. The lowest BCUT2D eigenvalue weighted by atomic mass is 10.2. The van der Waals surface area contributed by atoms with E-state index in [1.165, 1.54) is 11.8 Å². The Labute approximate surface area is 162 Å². The molecule has 0 aliphatic heterocycles. The van der Waals surface area contributed by atoms with Crippen LogP contribution in [0.1, 0.15) is 0 Å². The normalized spacial score (nSPS) is 10.5. The highest BCUT2D eigenvalue weighted by atomic mass is 127. The van der Waals surface area contributed by atoms with Crippen molar-refractivity contribution >= 4 is 45.9 Å². The van der Waals surface area contributed by atoms with E-state index in [4.69, 9.17) is 9.15 Å². The van der Waals surface area contributed by atoms with Gasteiger partial charge in [-0.25, -0.2) is 0 Å². The second-order valence-electron chi connectivity index (χ2n) is 4.92. The van der Waals surface area contributed by atoms with Gasteiger partial charge in [0, 0.05) is 9.13 Å². The van der Waals surface area contributed by atoms with Gasteiger partial charge in [0.2, 0.25) is 11.8 Å². The summed E-state index contributed by atoms with van der Waals surface area (Å²) in [5, 5.41) is 11.2. The molecule has 1 aromatic heterocycles. The topological polar surface area (TPSA) is 77.2 Å². The Morgan fingerprint density at radius 1 is 1.24 bits per heavy atom. The number of nitrogens with zero attached hydrogens (tertiary/aromatic N) is 2. The van der Waals surface area contributed by atoms with Crippen molar-refractivity contribution in [2.75, 3.05) is 18.2 Å². The number of amides is 1. The zero-order valence-electron chi connectivity index (χ0n) is 13.2. The van der Waals surface area contributed by atoms with Gasteiger partial charge in [0.1, 0.15) is 5.75 Å². The fraction of sp³-hybridized carbons (Fsp3) is 0.118. The van der Waals surface area contributed by atoms with E-state index in [1.807, 2.05) is 48.5 Å². The van der Waals surface area contributed by atoms with E-state index in [0.717, 1.165) is 14.8 Å². The summed E-state index contributed by atoms with van der Waals surface area (Å²) < 4.78 is 11.8. The maximum absolute atomic E-state index is 12.1. The van der Waals surface area contributed by atoms with E-state index in [-0.39, 0.29) is 11.7 Å². The second-order valence-corrected chi connectivity index (χ2v) is 7.01. The molecule has 0 fully saturated rings. The van der Waals surface area contributed by atoms with Gasteiger partial charge in [-0.05, 0) is 52.9 Å². The minimum Gasteiger partial charge on any atom is -0.497 e. The van der Waals surface area contributed by atoms with Crippen molar-refractivity contribution < 1.29 is 13.9 Å². The number of thioether (sulfide) groups is 1. The molecule has 8 heteroatoms. The number of hydrogen-bond donors (Lipinski definition) is 1. The molecule has 0 unspecified atom stereocenters. The summed E-state index contributed by atoms with van der Waals surface area (Å²) in [5.74, 6) is 1.15. The smallest absolute Gasteiger partial charge is 0.277 e. The molecule has 25 heavy (non-hydrogen) atoms. The molecule has 0 radical (unpaired) electrons. The highest BCUT2D eigenvalue weighted by Crippen LogP contribution is 2.26. The van der Waals surface area contributed by atoms with Crippen LogP contribution in [0.4, 0.5) is 5.69 Å². The fourth-order valence-corrected chi connectivity index (χ4v) is 3.10. The van der Waals surface area contributed by atoms with Crippen LogP contribution in [0.25, 0.3) is 11.5 Å². The number of hydrogen-bond acceptors (Lipinski definition) is 6. The van der Waals surface area contributed by atoms with Crippen LogP contribution in [0.3, 0.4) is 0 Å². The van der Waals surface area contributed by atoms with Gasteiger partial charge in [0.05, 0.1) is 18.6 Å². The van der Waals surface area contributed by atoms with Crippen molar-refractivity contribution in [2.45, 2.75) is 5.22 Å². The number of anilines is 1. The van der Waals surface area contributed by atoms with Crippen molar-refractivity contribution in [3.63, 3.8) is 0 Å². The molecule has 0 saturated carbocycles. The maximum atomic E-state index is 12.1. The number of methoxy groups -OCH3 is 1. The molecule has 0 spiro atoms. The molecule has 1 heterocycles. The molecule has 0 aliphatic carbocycles. The monoisotopic (exact) mass is 467 g/mol. The van der Waals surface area contributed by atoms with Crippen LogP contribution in [0.2, 0.25) is 0 Å². The Morgan fingerprint density at radius 2 is 2.08 bits per heavy atom. The summed E-state index contributed by atoms with van der Waals surface area (Å²) in [5.41, 5.74) is 1.55. The number of ether oxygens (including phenoxy) is 1. The van der Waals surface area contributed by atoms with Gasteiger partial charge in [0.15, 0.2) is 0 Å². The standard InChI is InChI=1S/C17H14IN3O3S/c1-23-12-6-4-5-11(9-12)16-20-21-17(24-16)25-10-15(22)19-14-8-3-2-7-13(14)18/h2-9H,10H2,1H3,(H,19,22). The first-order valence-electron chi connectivity index (χ1n) is 7.31. The van der Waals surface area contributed by atoms with Gasteiger partial charge >= 0.3 is 0 Å². The largest absolute Gasteiger partial charge is 0.497 e. The van der Waals surface area contributed by atoms with Gasteiger partial charge in [-0.2, -0.15) is 0 Å². The van der Waals surface area contributed by atoms with Gasteiger partial charge in [-0.3, -0.25) is 4.79 Å². The Balaban J connectivity index is 1.60. The third kappa shape index (κ3) is 4.73. The zero-order chi connectivity index (χ0) is 17.6. The molecule has 3 rings (SSSR count). The number of nitrogens with one attached hydrogen (secondary N) is 1. The van der Waals surface area contributed by atoms with Crippen molar-refractivity contribution in [3.8, 4) is 17.2 Å². The Hall–Kier alpha value is -2.07. The summed E-state index contributed by atoms with van der Waals surface area (Å²) in [6.45, 7) is 0. The number of benzene rings is 2. The average molecular weight is 467 g/mol. The van der Waals surface area contributed by atoms with Crippen LogP contribution in [-0.2, 0) is 4.79 Å². The molecular formula is C17H14IN3O3S.